The van der Waals surface area contributed by atoms with Gasteiger partial charge < -0.3 is 14.6 Å². The van der Waals surface area contributed by atoms with Crippen molar-refractivity contribution in [2.75, 3.05) is 19.6 Å². The van der Waals surface area contributed by atoms with Crippen molar-refractivity contribution in [3.8, 4) is 11.5 Å². The first kappa shape index (κ1) is 18.1. The monoisotopic (exact) mass is 361 g/mol. The molecule has 0 saturated carbocycles. The number of halogens is 1. The van der Waals surface area contributed by atoms with Gasteiger partial charge in [0.15, 0.2) is 0 Å². The number of hydrogen-bond acceptors (Lipinski definition) is 4. The average molecular weight is 362 g/mol. The van der Waals surface area contributed by atoms with Crippen molar-refractivity contribution in [3.63, 3.8) is 0 Å². The topological polar surface area (TPSA) is 41.9 Å². The first-order chi connectivity index (χ1) is 12.1. The minimum absolute atomic E-state index is 0.138. The van der Waals surface area contributed by atoms with E-state index in [4.69, 9.17) is 21.1 Å². The van der Waals surface area contributed by atoms with Gasteiger partial charge in [-0.05, 0) is 49.7 Å². The summed E-state index contributed by atoms with van der Waals surface area (Å²) in [5.41, 5.74) is 0. The van der Waals surface area contributed by atoms with E-state index in [9.17, 15) is 5.11 Å². The smallest absolute Gasteiger partial charge is 0.123 e. The van der Waals surface area contributed by atoms with E-state index < -0.39 is 6.10 Å². The fourth-order valence-electron chi connectivity index (χ4n) is 2.97. The highest BCUT2D eigenvalue weighted by atomic mass is 35.5. The zero-order chi connectivity index (χ0) is 17.6. The maximum atomic E-state index is 10.4. The Morgan fingerprint density at radius 1 is 1.12 bits per heavy atom. The Balaban J connectivity index is 1.44. The van der Waals surface area contributed by atoms with E-state index >= 15 is 0 Å². The summed E-state index contributed by atoms with van der Waals surface area (Å²) in [5, 5.41) is 11.1. The molecule has 1 saturated heterocycles. The molecule has 1 aliphatic heterocycles. The van der Waals surface area contributed by atoms with Gasteiger partial charge in [-0.1, -0.05) is 29.8 Å². The van der Waals surface area contributed by atoms with Crippen LogP contribution in [-0.2, 0) is 0 Å². The Kier molecular flexibility index (Phi) is 6.19. The molecule has 1 aliphatic rings. The van der Waals surface area contributed by atoms with Gasteiger partial charge in [-0.25, -0.2) is 0 Å². The molecular weight excluding hydrogens is 338 g/mol. The van der Waals surface area contributed by atoms with Gasteiger partial charge in [0.1, 0.15) is 29.8 Å². The number of likely N-dealkylation sites (tertiary alicyclic amines) is 1. The number of β-amino-alcohol motifs (C(OH)–C–C–N with tert-alkyl or cyclic N) is 1. The van der Waals surface area contributed by atoms with Crippen LogP contribution in [0.1, 0.15) is 13.3 Å². The minimum Gasteiger partial charge on any atom is -0.489 e. The molecule has 0 amide bonds. The van der Waals surface area contributed by atoms with Gasteiger partial charge in [-0.15, -0.1) is 0 Å². The molecule has 0 aliphatic carbocycles. The van der Waals surface area contributed by atoms with Gasteiger partial charge in [0.2, 0.25) is 0 Å². The average Bonchev–Trinajstić information content (AvgIpc) is 3.04. The lowest BCUT2D eigenvalue weighted by Crippen LogP contribution is -2.40. The molecular formula is C20H24ClNO3. The molecule has 0 aromatic heterocycles. The first-order valence-corrected chi connectivity index (χ1v) is 9.02. The van der Waals surface area contributed by atoms with E-state index in [0.717, 1.165) is 31.0 Å². The van der Waals surface area contributed by atoms with E-state index in [1.807, 2.05) is 61.5 Å². The van der Waals surface area contributed by atoms with Gasteiger partial charge in [0.25, 0.3) is 0 Å². The maximum absolute atomic E-state index is 10.4. The lowest BCUT2D eigenvalue weighted by atomic mass is 10.2. The zero-order valence-corrected chi connectivity index (χ0v) is 15.1. The number of aliphatic hydroxyl groups is 1. The highest BCUT2D eigenvalue weighted by molar-refractivity contribution is 6.30. The summed E-state index contributed by atoms with van der Waals surface area (Å²) in [4.78, 5) is 2.22. The second-order valence-electron chi connectivity index (χ2n) is 6.45. The van der Waals surface area contributed by atoms with E-state index in [0.29, 0.717) is 11.6 Å². The fourth-order valence-corrected chi connectivity index (χ4v) is 3.10. The Bertz CT molecular complexity index is 650. The van der Waals surface area contributed by atoms with Gasteiger partial charge in [0.05, 0.1) is 0 Å². The van der Waals surface area contributed by atoms with Crippen LogP contribution in [0.25, 0.3) is 0 Å². The van der Waals surface area contributed by atoms with E-state index in [2.05, 4.69) is 4.90 Å². The predicted octanol–water partition coefficient (Wildman–Crippen LogP) is 3.62. The largest absolute Gasteiger partial charge is 0.489 e. The van der Waals surface area contributed by atoms with Gasteiger partial charge in [-0.2, -0.15) is 0 Å². The number of para-hydroxylation sites is 1. The molecule has 2 aromatic rings. The van der Waals surface area contributed by atoms with Crippen LogP contribution >= 0.6 is 11.6 Å². The molecule has 3 rings (SSSR count). The maximum Gasteiger partial charge on any atom is 0.123 e. The lowest BCUT2D eigenvalue weighted by molar-refractivity contribution is 0.0237. The summed E-state index contributed by atoms with van der Waals surface area (Å²) in [6, 6.07) is 17.0. The number of rotatable bonds is 7. The third kappa shape index (κ3) is 5.36. The van der Waals surface area contributed by atoms with Gasteiger partial charge in [0, 0.05) is 24.7 Å². The van der Waals surface area contributed by atoms with Crippen molar-refractivity contribution in [1.82, 2.24) is 4.90 Å². The van der Waals surface area contributed by atoms with E-state index in [-0.39, 0.29) is 12.2 Å². The van der Waals surface area contributed by atoms with Crippen molar-refractivity contribution in [2.24, 2.45) is 0 Å². The molecule has 1 heterocycles. The minimum atomic E-state index is -0.547. The first-order valence-electron chi connectivity index (χ1n) is 8.64. The molecule has 2 aromatic carbocycles. The molecule has 134 valence electrons. The fraction of sp³-hybridized carbons (Fsp3) is 0.400. The summed E-state index contributed by atoms with van der Waals surface area (Å²) < 4.78 is 11.8. The molecule has 1 fully saturated rings. The molecule has 0 bridgehead atoms. The highest BCUT2D eigenvalue weighted by Gasteiger charge is 2.27. The molecule has 1 N–H and O–H groups in total. The van der Waals surface area contributed by atoms with Crippen LogP contribution in [0.5, 0.6) is 11.5 Å². The van der Waals surface area contributed by atoms with Crippen LogP contribution in [0.4, 0.5) is 0 Å². The molecule has 0 radical (unpaired) electrons. The number of benzene rings is 2. The molecule has 0 spiro atoms. The summed E-state index contributed by atoms with van der Waals surface area (Å²) in [6.07, 6.45) is 0.273. The summed E-state index contributed by atoms with van der Waals surface area (Å²) in [5.74, 6) is 1.61. The van der Waals surface area contributed by atoms with Crippen molar-refractivity contribution in [3.05, 3.63) is 59.6 Å². The zero-order valence-electron chi connectivity index (χ0n) is 14.3. The van der Waals surface area contributed by atoms with Crippen LogP contribution < -0.4 is 9.47 Å². The van der Waals surface area contributed by atoms with E-state index in [1.165, 1.54) is 0 Å². The van der Waals surface area contributed by atoms with E-state index in [1.54, 1.807) is 0 Å². The van der Waals surface area contributed by atoms with Crippen LogP contribution in [0.2, 0.25) is 5.02 Å². The number of hydrogen-bond donors (Lipinski definition) is 1. The van der Waals surface area contributed by atoms with Gasteiger partial charge >= 0.3 is 0 Å². The predicted molar refractivity (Wildman–Crippen MR) is 99.5 cm³/mol. The number of ether oxygens (including phenoxy) is 2. The van der Waals surface area contributed by atoms with Crippen molar-refractivity contribution >= 4 is 11.6 Å². The molecule has 3 atom stereocenters. The molecule has 3 unspecified atom stereocenters. The standard InChI is InChI=1S/C20H24ClNO3/c1-15(24-17-5-3-2-4-6-17)20(23)14-22-12-11-19(13-22)25-18-9-7-16(21)8-10-18/h2-10,15,19-20,23H,11-14H2,1H3. The summed E-state index contributed by atoms with van der Waals surface area (Å²) >= 11 is 5.89. The third-order valence-electron chi connectivity index (χ3n) is 4.40. The van der Waals surface area contributed by atoms with Crippen LogP contribution in [0.15, 0.2) is 54.6 Å². The van der Waals surface area contributed by atoms with Crippen molar-refractivity contribution in [1.29, 1.82) is 0 Å². The highest BCUT2D eigenvalue weighted by Crippen LogP contribution is 2.21. The number of nitrogens with zero attached hydrogens (tertiary/aromatic N) is 1. The Morgan fingerprint density at radius 3 is 2.56 bits per heavy atom. The van der Waals surface area contributed by atoms with Crippen LogP contribution in [0.3, 0.4) is 0 Å². The van der Waals surface area contributed by atoms with Crippen molar-refractivity contribution in [2.45, 2.75) is 31.7 Å². The normalized spacial score (nSPS) is 20.2. The quantitative estimate of drug-likeness (QED) is 0.817. The Labute approximate surface area is 153 Å². The van der Waals surface area contributed by atoms with Crippen LogP contribution in [0, 0.1) is 0 Å². The Morgan fingerprint density at radius 2 is 1.84 bits per heavy atom. The summed E-state index contributed by atoms with van der Waals surface area (Å²) in [7, 11) is 0. The van der Waals surface area contributed by atoms with Gasteiger partial charge in [-0.3, -0.25) is 4.90 Å². The molecule has 5 heteroatoms. The molecule has 25 heavy (non-hydrogen) atoms. The third-order valence-corrected chi connectivity index (χ3v) is 4.65. The Hall–Kier alpha value is -1.75. The second kappa shape index (κ2) is 8.56. The lowest BCUT2D eigenvalue weighted by Gasteiger charge is -2.25. The molecule has 4 nitrogen and oxygen atoms in total. The number of aliphatic hydroxyl groups excluding tert-OH is 1. The van der Waals surface area contributed by atoms with Crippen molar-refractivity contribution < 1.29 is 14.6 Å². The second-order valence-corrected chi connectivity index (χ2v) is 6.88. The SMILES string of the molecule is CC(Oc1ccccc1)C(O)CN1CCC(Oc2ccc(Cl)cc2)C1. The summed E-state index contributed by atoms with van der Waals surface area (Å²) in [6.45, 7) is 4.19. The van der Waals surface area contributed by atoms with Crippen LogP contribution in [-0.4, -0.2) is 48.0 Å².